The van der Waals surface area contributed by atoms with Crippen molar-refractivity contribution >= 4 is 11.6 Å². The van der Waals surface area contributed by atoms with Gasteiger partial charge in [-0.15, -0.1) is 0 Å². The summed E-state index contributed by atoms with van der Waals surface area (Å²) in [7, 11) is 0. The molecule has 0 aromatic carbocycles. The van der Waals surface area contributed by atoms with Crippen molar-refractivity contribution in [3.63, 3.8) is 0 Å². The molecule has 2 heteroatoms. The highest BCUT2D eigenvalue weighted by atomic mass is 35.5. The average molecular weight is 163 g/mol. The second-order valence-electron chi connectivity index (χ2n) is 3.16. The quantitative estimate of drug-likeness (QED) is 0.568. The molecule has 0 aromatic heterocycles. The molecule has 1 aliphatic carbocycles. The Kier molecular flexibility index (Phi) is 3.50. The number of hydrogen-bond donors (Lipinski definition) is 0. The van der Waals surface area contributed by atoms with Crippen LogP contribution in [0.2, 0.25) is 0 Å². The van der Waals surface area contributed by atoms with Crippen molar-refractivity contribution in [2.45, 2.75) is 38.7 Å². The highest BCUT2D eigenvalue weighted by Gasteiger charge is 2.17. The van der Waals surface area contributed by atoms with Gasteiger partial charge >= 0.3 is 0 Å². The van der Waals surface area contributed by atoms with E-state index in [0.29, 0.717) is 12.2 Å². The number of rotatable bonds is 2. The van der Waals surface area contributed by atoms with E-state index in [1.807, 2.05) is 0 Å². The molecule has 60 valence electrons. The van der Waals surface area contributed by atoms with Gasteiger partial charge in [0.05, 0.1) is 6.10 Å². The van der Waals surface area contributed by atoms with Crippen LogP contribution < -0.4 is 0 Å². The van der Waals surface area contributed by atoms with Crippen molar-refractivity contribution < 1.29 is 4.74 Å². The lowest BCUT2D eigenvalue weighted by Crippen LogP contribution is -2.19. The van der Waals surface area contributed by atoms with Crippen molar-refractivity contribution in [1.82, 2.24) is 0 Å². The van der Waals surface area contributed by atoms with E-state index < -0.39 is 0 Å². The topological polar surface area (TPSA) is 9.23 Å². The Morgan fingerprint density at radius 1 is 1.30 bits per heavy atom. The van der Waals surface area contributed by atoms with Crippen LogP contribution in [0.4, 0.5) is 0 Å². The molecule has 0 radical (unpaired) electrons. The molecule has 1 nitrogen and oxygen atoms in total. The van der Waals surface area contributed by atoms with Crippen molar-refractivity contribution in [1.29, 1.82) is 0 Å². The number of ether oxygens (including phenoxy) is 1. The molecule has 0 bridgehead atoms. The normalized spacial score (nSPS) is 34.2. The van der Waals surface area contributed by atoms with Gasteiger partial charge in [0.2, 0.25) is 0 Å². The van der Waals surface area contributed by atoms with Gasteiger partial charge in [-0.1, -0.05) is 18.5 Å². The van der Waals surface area contributed by atoms with Crippen LogP contribution in [0.3, 0.4) is 0 Å². The molecule has 0 unspecified atom stereocenters. The first-order chi connectivity index (χ1) is 4.83. The zero-order valence-electron chi connectivity index (χ0n) is 6.48. The fraction of sp³-hybridized carbons (Fsp3) is 1.00. The second-order valence-corrected chi connectivity index (χ2v) is 3.38. The molecular weight excluding hydrogens is 148 g/mol. The Morgan fingerprint density at radius 2 is 1.90 bits per heavy atom. The summed E-state index contributed by atoms with van der Waals surface area (Å²) in [6.07, 6.45) is 5.47. The molecule has 0 atom stereocenters. The summed E-state index contributed by atoms with van der Waals surface area (Å²) in [6.45, 7) is 2.30. The van der Waals surface area contributed by atoms with Gasteiger partial charge in [0.15, 0.2) is 0 Å². The van der Waals surface area contributed by atoms with Crippen LogP contribution in [0.5, 0.6) is 0 Å². The summed E-state index contributed by atoms with van der Waals surface area (Å²) in [5, 5.41) is 0. The van der Waals surface area contributed by atoms with Gasteiger partial charge in [-0.25, -0.2) is 0 Å². The average Bonchev–Trinajstić information content (AvgIpc) is 1.95. The van der Waals surface area contributed by atoms with Crippen LogP contribution >= 0.6 is 11.6 Å². The van der Waals surface area contributed by atoms with E-state index in [4.69, 9.17) is 16.3 Å². The summed E-state index contributed by atoms with van der Waals surface area (Å²) in [6, 6.07) is 0.360. The lowest BCUT2D eigenvalue weighted by Gasteiger charge is -2.25. The van der Waals surface area contributed by atoms with E-state index in [0.717, 1.165) is 5.92 Å². The first-order valence-corrected chi connectivity index (χ1v) is 4.54. The first-order valence-electron chi connectivity index (χ1n) is 4.00. The van der Waals surface area contributed by atoms with Crippen LogP contribution in [0, 0.1) is 5.92 Å². The molecule has 10 heavy (non-hydrogen) atoms. The van der Waals surface area contributed by atoms with E-state index in [1.165, 1.54) is 25.7 Å². The Balaban J connectivity index is 2.13. The summed E-state index contributed by atoms with van der Waals surface area (Å²) in [5.41, 5.74) is 0. The highest BCUT2D eigenvalue weighted by Crippen LogP contribution is 2.25. The first kappa shape index (κ1) is 8.35. The maximum Gasteiger partial charge on any atom is 0.121 e. The maximum atomic E-state index is 5.45. The summed E-state index contributed by atoms with van der Waals surface area (Å²) < 4.78 is 5.30. The molecule has 1 aliphatic rings. The van der Waals surface area contributed by atoms with Crippen LogP contribution in [0.25, 0.3) is 0 Å². The molecule has 1 saturated carbocycles. The number of halogens is 1. The van der Waals surface area contributed by atoms with Gasteiger partial charge in [-0.3, -0.25) is 0 Å². The number of hydrogen-bond acceptors (Lipinski definition) is 1. The fourth-order valence-corrected chi connectivity index (χ4v) is 1.66. The minimum absolute atomic E-state index is 0.360. The summed E-state index contributed by atoms with van der Waals surface area (Å²) in [4.78, 5) is 0. The number of alkyl halides is 1. The highest BCUT2D eigenvalue weighted by molar-refractivity contribution is 6.17. The van der Waals surface area contributed by atoms with Crippen molar-refractivity contribution in [2.75, 3.05) is 6.07 Å². The smallest absolute Gasteiger partial charge is 0.121 e. The maximum absolute atomic E-state index is 5.45. The van der Waals surface area contributed by atoms with Gasteiger partial charge in [0.1, 0.15) is 6.07 Å². The predicted octanol–water partition coefficient (Wildman–Crippen LogP) is 2.78. The van der Waals surface area contributed by atoms with E-state index in [-0.39, 0.29) is 0 Å². The van der Waals surface area contributed by atoms with Gasteiger partial charge < -0.3 is 4.74 Å². The molecule has 0 saturated heterocycles. The van der Waals surface area contributed by atoms with E-state index in [1.54, 1.807) is 0 Å². The second kappa shape index (κ2) is 4.20. The van der Waals surface area contributed by atoms with Crippen LogP contribution in [0.15, 0.2) is 0 Å². The third kappa shape index (κ3) is 2.47. The summed E-state index contributed by atoms with van der Waals surface area (Å²) >= 11 is 5.45. The molecule has 0 amide bonds. The van der Waals surface area contributed by atoms with Gasteiger partial charge in [0.25, 0.3) is 0 Å². The van der Waals surface area contributed by atoms with Crippen LogP contribution in [-0.2, 0) is 4.74 Å². The van der Waals surface area contributed by atoms with E-state index >= 15 is 0 Å². The van der Waals surface area contributed by atoms with Crippen LogP contribution in [-0.4, -0.2) is 12.2 Å². The molecule has 1 rings (SSSR count). The third-order valence-corrected chi connectivity index (χ3v) is 2.39. The van der Waals surface area contributed by atoms with Gasteiger partial charge in [-0.2, -0.15) is 0 Å². The minimum Gasteiger partial charge on any atom is -0.363 e. The lowest BCUT2D eigenvalue weighted by molar-refractivity contribution is 0.0471. The zero-order valence-corrected chi connectivity index (χ0v) is 7.23. The molecule has 0 spiro atoms. The zero-order chi connectivity index (χ0) is 7.40. The van der Waals surface area contributed by atoms with Gasteiger partial charge in [-0.05, 0) is 31.6 Å². The summed E-state index contributed by atoms with van der Waals surface area (Å²) in [5.74, 6) is 0.898. The molecule has 0 aliphatic heterocycles. The lowest BCUT2D eigenvalue weighted by atomic mass is 9.89. The molecule has 0 N–H and O–H groups in total. The monoisotopic (exact) mass is 162 g/mol. The Labute approximate surface area is 67.7 Å². The Hall–Kier alpha value is 0.250. The molecule has 0 heterocycles. The molecular formula is C8H15ClO. The van der Waals surface area contributed by atoms with Crippen molar-refractivity contribution in [3.8, 4) is 0 Å². The molecule has 0 aromatic rings. The third-order valence-electron chi connectivity index (χ3n) is 2.26. The Bertz CT molecular complexity index is 87.3. The van der Waals surface area contributed by atoms with Gasteiger partial charge in [0, 0.05) is 0 Å². The standard InChI is InChI=1S/C8H15ClO/c1-7-2-4-8(5-3-7)10-6-9/h7-8H,2-6H2,1H3. The fourth-order valence-electron chi connectivity index (χ4n) is 1.49. The Morgan fingerprint density at radius 3 is 2.40 bits per heavy atom. The molecule has 1 fully saturated rings. The largest absolute Gasteiger partial charge is 0.363 e. The van der Waals surface area contributed by atoms with Crippen molar-refractivity contribution in [2.24, 2.45) is 5.92 Å². The van der Waals surface area contributed by atoms with E-state index in [2.05, 4.69) is 6.92 Å². The SMILES string of the molecule is CC1CCC(OCCl)CC1. The van der Waals surface area contributed by atoms with E-state index in [9.17, 15) is 0 Å². The van der Waals surface area contributed by atoms with Crippen LogP contribution in [0.1, 0.15) is 32.6 Å². The predicted molar refractivity (Wildman–Crippen MR) is 43.2 cm³/mol. The van der Waals surface area contributed by atoms with Crippen molar-refractivity contribution in [3.05, 3.63) is 0 Å². The minimum atomic E-state index is 0.360.